The van der Waals surface area contributed by atoms with E-state index in [0.717, 1.165) is 25.1 Å². The molecule has 0 amide bonds. The number of hydrogen-bond acceptors (Lipinski definition) is 4. The van der Waals surface area contributed by atoms with Crippen LogP contribution in [0.15, 0.2) is 24.3 Å². The zero-order valence-corrected chi connectivity index (χ0v) is 10.2. The quantitative estimate of drug-likeness (QED) is 0.576. The summed E-state index contributed by atoms with van der Waals surface area (Å²) in [6.45, 7) is 2.43. The molecule has 0 aromatic heterocycles. The number of aliphatic hydroxyl groups excluding tert-OH is 2. The summed E-state index contributed by atoms with van der Waals surface area (Å²) in [6.07, 6.45) is 2.01. The third-order valence-electron chi connectivity index (χ3n) is 2.75. The topological polar surface area (TPSA) is 69.7 Å². The molecule has 4 N–H and O–H groups in total. The van der Waals surface area contributed by atoms with Crippen LogP contribution >= 0.6 is 0 Å². The van der Waals surface area contributed by atoms with Crippen LogP contribution in [0.1, 0.15) is 12.0 Å². The molecular formula is C13H22N2O2. The number of anilines is 1. The lowest BCUT2D eigenvalue weighted by Crippen LogP contribution is -2.31. The van der Waals surface area contributed by atoms with Gasteiger partial charge in [-0.3, -0.25) is 4.90 Å². The molecule has 4 heteroatoms. The number of aryl methyl sites for hydroxylation is 1. The van der Waals surface area contributed by atoms with Gasteiger partial charge in [0.25, 0.3) is 0 Å². The van der Waals surface area contributed by atoms with Gasteiger partial charge in [-0.05, 0) is 37.1 Å². The summed E-state index contributed by atoms with van der Waals surface area (Å²) in [4.78, 5) is 2.07. The lowest BCUT2D eigenvalue weighted by Gasteiger charge is -2.19. The van der Waals surface area contributed by atoms with Crippen LogP contribution in [-0.2, 0) is 6.42 Å². The van der Waals surface area contributed by atoms with Crippen LogP contribution in [0.4, 0.5) is 5.69 Å². The standard InChI is InChI=1S/C13H22N2O2/c14-13-5-3-12(4-6-13)2-1-7-15(8-10-16)9-11-17/h3-6,16-17H,1-2,7-11,14H2. The molecule has 0 bridgehead atoms. The van der Waals surface area contributed by atoms with Gasteiger partial charge in [0.15, 0.2) is 0 Å². The lowest BCUT2D eigenvalue weighted by molar-refractivity contribution is 0.160. The van der Waals surface area contributed by atoms with Crippen molar-refractivity contribution in [2.45, 2.75) is 12.8 Å². The summed E-state index contributed by atoms with van der Waals surface area (Å²) in [6, 6.07) is 7.90. The summed E-state index contributed by atoms with van der Waals surface area (Å²) in [5, 5.41) is 17.7. The molecule has 1 rings (SSSR count). The molecule has 0 saturated heterocycles. The average molecular weight is 238 g/mol. The fourth-order valence-corrected chi connectivity index (χ4v) is 1.81. The SMILES string of the molecule is Nc1ccc(CCCN(CCO)CCO)cc1. The van der Waals surface area contributed by atoms with Crippen LogP contribution in [0.25, 0.3) is 0 Å². The average Bonchev–Trinajstić information content (AvgIpc) is 2.32. The Morgan fingerprint density at radius 1 is 0.941 bits per heavy atom. The van der Waals surface area contributed by atoms with Gasteiger partial charge in [-0.1, -0.05) is 12.1 Å². The van der Waals surface area contributed by atoms with Crippen molar-refractivity contribution in [1.82, 2.24) is 4.90 Å². The van der Waals surface area contributed by atoms with Crippen molar-refractivity contribution >= 4 is 5.69 Å². The smallest absolute Gasteiger partial charge is 0.0558 e. The summed E-state index contributed by atoms with van der Waals surface area (Å²) >= 11 is 0. The van der Waals surface area contributed by atoms with Crippen molar-refractivity contribution in [3.8, 4) is 0 Å². The third kappa shape index (κ3) is 5.68. The van der Waals surface area contributed by atoms with E-state index in [1.165, 1.54) is 5.56 Å². The van der Waals surface area contributed by atoms with Gasteiger partial charge in [-0.2, -0.15) is 0 Å². The number of aliphatic hydroxyl groups is 2. The molecule has 96 valence electrons. The van der Waals surface area contributed by atoms with Gasteiger partial charge in [0.2, 0.25) is 0 Å². The molecule has 1 aromatic carbocycles. The molecule has 0 fully saturated rings. The van der Waals surface area contributed by atoms with Gasteiger partial charge < -0.3 is 15.9 Å². The highest BCUT2D eigenvalue weighted by molar-refractivity contribution is 5.39. The van der Waals surface area contributed by atoms with Crippen molar-refractivity contribution in [1.29, 1.82) is 0 Å². The molecule has 1 aromatic rings. The number of rotatable bonds is 8. The molecule has 4 nitrogen and oxygen atoms in total. The van der Waals surface area contributed by atoms with Gasteiger partial charge in [-0.15, -0.1) is 0 Å². The lowest BCUT2D eigenvalue weighted by atomic mass is 10.1. The van der Waals surface area contributed by atoms with Crippen LogP contribution in [0, 0.1) is 0 Å². The summed E-state index contributed by atoms with van der Waals surface area (Å²) in [7, 11) is 0. The van der Waals surface area contributed by atoms with Crippen molar-refractivity contribution in [2.75, 3.05) is 38.6 Å². The molecule has 0 saturated carbocycles. The van der Waals surface area contributed by atoms with Crippen LogP contribution in [0.2, 0.25) is 0 Å². The van der Waals surface area contributed by atoms with Crippen molar-refractivity contribution in [2.24, 2.45) is 0 Å². The van der Waals surface area contributed by atoms with E-state index < -0.39 is 0 Å². The Labute approximate surface area is 103 Å². The molecular weight excluding hydrogens is 216 g/mol. The Balaban J connectivity index is 2.27. The van der Waals surface area contributed by atoms with Crippen LogP contribution in [0.3, 0.4) is 0 Å². The van der Waals surface area contributed by atoms with Gasteiger partial charge in [0.05, 0.1) is 13.2 Å². The number of nitrogen functional groups attached to an aromatic ring is 1. The molecule has 0 spiro atoms. The number of benzene rings is 1. The summed E-state index contributed by atoms with van der Waals surface area (Å²) in [5.41, 5.74) is 7.68. The van der Waals surface area contributed by atoms with Gasteiger partial charge in [0, 0.05) is 18.8 Å². The minimum Gasteiger partial charge on any atom is -0.399 e. The van der Waals surface area contributed by atoms with Crippen molar-refractivity contribution in [3.05, 3.63) is 29.8 Å². The second-order valence-electron chi connectivity index (χ2n) is 4.13. The van der Waals surface area contributed by atoms with E-state index in [4.69, 9.17) is 15.9 Å². The highest BCUT2D eigenvalue weighted by Crippen LogP contribution is 2.08. The Morgan fingerprint density at radius 3 is 2.06 bits per heavy atom. The highest BCUT2D eigenvalue weighted by atomic mass is 16.3. The Kier molecular flexibility index (Phi) is 6.62. The minimum atomic E-state index is 0.141. The maximum Gasteiger partial charge on any atom is 0.0558 e. The van der Waals surface area contributed by atoms with Crippen LogP contribution in [-0.4, -0.2) is 48.0 Å². The van der Waals surface area contributed by atoms with E-state index in [9.17, 15) is 0 Å². The fraction of sp³-hybridized carbons (Fsp3) is 0.538. The van der Waals surface area contributed by atoms with E-state index in [-0.39, 0.29) is 13.2 Å². The molecule has 17 heavy (non-hydrogen) atoms. The Morgan fingerprint density at radius 2 is 1.53 bits per heavy atom. The first-order valence-corrected chi connectivity index (χ1v) is 6.04. The zero-order chi connectivity index (χ0) is 12.5. The fourth-order valence-electron chi connectivity index (χ4n) is 1.81. The van der Waals surface area contributed by atoms with Crippen molar-refractivity contribution in [3.63, 3.8) is 0 Å². The van der Waals surface area contributed by atoms with E-state index in [2.05, 4.69) is 4.90 Å². The normalized spacial score (nSPS) is 11.0. The van der Waals surface area contributed by atoms with Gasteiger partial charge >= 0.3 is 0 Å². The van der Waals surface area contributed by atoms with Crippen LogP contribution in [0.5, 0.6) is 0 Å². The Bertz CT molecular complexity index is 295. The molecule has 0 heterocycles. The van der Waals surface area contributed by atoms with Crippen LogP contribution < -0.4 is 5.73 Å². The van der Waals surface area contributed by atoms with E-state index in [0.29, 0.717) is 13.1 Å². The first-order chi connectivity index (χ1) is 8.26. The van der Waals surface area contributed by atoms with Gasteiger partial charge in [-0.25, -0.2) is 0 Å². The molecule has 0 aliphatic carbocycles. The molecule has 0 atom stereocenters. The monoisotopic (exact) mass is 238 g/mol. The number of nitrogens with two attached hydrogens (primary N) is 1. The Hall–Kier alpha value is -1.10. The van der Waals surface area contributed by atoms with E-state index in [1.807, 2.05) is 24.3 Å². The summed E-state index contributed by atoms with van der Waals surface area (Å²) < 4.78 is 0. The van der Waals surface area contributed by atoms with Gasteiger partial charge in [0.1, 0.15) is 0 Å². The predicted octanol–water partition coefficient (Wildman–Crippen LogP) is 0.488. The molecule has 0 unspecified atom stereocenters. The maximum absolute atomic E-state index is 8.87. The van der Waals surface area contributed by atoms with Crippen molar-refractivity contribution < 1.29 is 10.2 Å². The molecule has 0 aliphatic rings. The first kappa shape index (κ1) is 14.0. The molecule has 0 aliphatic heterocycles. The third-order valence-corrected chi connectivity index (χ3v) is 2.75. The number of hydrogen-bond donors (Lipinski definition) is 3. The number of nitrogens with zero attached hydrogens (tertiary/aromatic N) is 1. The molecule has 0 radical (unpaired) electrons. The zero-order valence-electron chi connectivity index (χ0n) is 10.2. The first-order valence-electron chi connectivity index (χ1n) is 6.04. The summed E-state index contributed by atoms with van der Waals surface area (Å²) in [5.74, 6) is 0. The second-order valence-corrected chi connectivity index (χ2v) is 4.13. The largest absolute Gasteiger partial charge is 0.399 e. The second kappa shape index (κ2) is 8.06. The van der Waals surface area contributed by atoms with E-state index in [1.54, 1.807) is 0 Å². The minimum absolute atomic E-state index is 0.141. The van der Waals surface area contributed by atoms with E-state index >= 15 is 0 Å². The highest BCUT2D eigenvalue weighted by Gasteiger charge is 2.03. The predicted molar refractivity (Wildman–Crippen MR) is 69.8 cm³/mol. The maximum atomic E-state index is 8.87.